The molecule has 1 aliphatic carbocycles. The van der Waals surface area contributed by atoms with Gasteiger partial charge in [-0.1, -0.05) is 165 Å². The summed E-state index contributed by atoms with van der Waals surface area (Å²) >= 11 is 3.73. The van der Waals surface area contributed by atoms with Gasteiger partial charge < -0.3 is 9.13 Å². The van der Waals surface area contributed by atoms with Crippen molar-refractivity contribution in [1.29, 1.82) is 5.26 Å². The highest BCUT2D eigenvalue weighted by molar-refractivity contribution is 7.27. The molecular formula is C71H44N6S2. The van der Waals surface area contributed by atoms with E-state index in [0.717, 1.165) is 72.6 Å². The molecule has 0 bridgehead atoms. The molecule has 0 radical (unpaired) electrons. The number of nitriles is 1. The van der Waals surface area contributed by atoms with Gasteiger partial charge in [0.05, 0.1) is 45.1 Å². The Labute approximate surface area is 462 Å². The van der Waals surface area contributed by atoms with Crippen LogP contribution in [0.1, 0.15) is 24.2 Å². The van der Waals surface area contributed by atoms with Crippen LogP contribution in [0.25, 0.3) is 140 Å². The molecule has 8 heteroatoms. The summed E-state index contributed by atoms with van der Waals surface area (Å²) in [7, 11) is 0. The molecule has 0 saturated carbocycles. The monoisotopic (exact) mass is 1040 g/mol. The highest BCUT2D eigenvalue weighted by atomic mass is 32.1. The highest BCUT2D eigenvalue weighted by Gasteiger charge is 2.27. The van der Waals surface area contributed by atoms with E-state index < -0.39 is 0 Å². The molecule has 0 amide bonds. The Bertz CT molecular complexity index is 5140. The van der Waals surface area contributed by atoms with E-state index >= 15 is 0 Å². The lowest BCUT2D eigenvalue weighted by atomic mass is 9.89. The predicted molar refractivity (Wildman–Crippen MR) is 331 cm³/mol. The number of rotatable bonds is 7. The summed E-state index contributed by atoms with van der Waals surface area (Å²) in [6.07, 6.45) is 8.64. The van der Waals surface area contributed by atoms with E-state index in [-0.39, 0.29) is 11.8 Å². The molecule has 2 unspecified atom stereocenters. The minimum absolute atomic E-state index is 0.0357. The van der Waals surface area contributed by atoms with Crippen LogP contribution < -0.4 is 0 Å². The van der Waals surface area contributed by atoms with Gasteiger partial charge in [-0.25, -0.2) is 15.0 Å². The summed E-state index contributed by atoms with van der Waals surface area (Å²) in [6, 6.07) is 78.7. The molecule has 370 valence electrons. The van der Waals surface area contributed by atoms with Crippen LogP contribution in [0.4, 0.5) is 0 Å². The fourth-order valence-electron chi connectivity index (χ4n) is 12.4. The lowest BCUT2D eigenvalue weighted by molar-refractivity contribution is 0.600. The molecule has 10 aromatic carbocycles. The zero-order valence-electron chi connectivity index (χ0n) is 42.7. The standard InChI is InChI=1S/C71H44N6S2/c1-42-16-5-6-21-48(42)71-74-69(44-18-3-2-4-19-44)73-70(75-71)47-31-35-60(77-58-27-12-8-25-54(58)66-62(77)37-33-52-50-23-10-14-29-64(50)79-68(52)66)56(40-47)55-39-46(45-20-15-17-43(38-45)41-72)30-34-59(55)76-57-26-11-7-24-53(57)65-61(76)36-32-51-49-22-9-13-28-63(49)78-67(51)65/h2-40,42,48H,1H3. The van der Waals surface area contributed by atoms with Gasteiger partial charge in [0.1, 0.15) is 5.82 Å². The van der Waals surface area contributed by atoms with Crippen LogP contribution in [-0.4, -0.2) is 24.1 Å². The maximum Gasteiger partial charge on any atom is 0.163 e. The Balaban J connectivity index is 1.04. The maximum absolute atomic E-state index is 10.2. The molecule has 15 aromatic rings. The van der Waals surface area contributed by atoms with Crippen LogP contribution >= 0.6 is 22.7 Å². The van der Waals surface area contributed by atoms with E-state index in [1.807, 2.05) is 59.1 Å². The van der Waals surface area contributed by atoms with Crippen LogP contribution in [0, 0.1) is 17.2 Å². The predicted octanol–water partition coefficient (Wildman–Crippen LogP) is 19.2. The first-order chi connectivity index (χ1) is 39.0. The maximum atomic E-state index is 10.2. The lowest BCUT2D eigenvalue weighted by Gasteiger charge is -2.22. The number of aromatic nitrogens is 5. The normalized spacial score (nSPS) is 14.5. The summed E-state index contributed by atoms with van der Waals surface area (Å²) < 4.78 is 10.0. The van der Waals surface area contributed by atoms with Crippen molar-refractivity contribution in [2.45, 2.75) is 12.8 Å². The Morgan fingerprint density at radius 1 is 0.418 bits per heavy atom. The number of thiophene rings is 2. The fourth-order valence-corrected chi connectivity index (χ4v) is 14.9. The molecular weight excluding hydrogens is 1000 g/mol. The molecule has 5 aromatic heterocycles. The van der Waals surface area contributed by atoms with Gasteiger partial charge in [-0.05, 0) is 95.9 Å². The van der Waals surface area contributed by atoms with E-state index in [1.54, 1.807) is 0 Å². The summed E-state index contributed by atoms with van der Waals surface area (Å²) in [4.78, 5) is 16.0. The number of fused-ring (bicyclic) bond motifs is 14. The summed E-state index contributed by atoms with van der Waals surface area (Å²) in [5.74, 6) is 2.12. The Morgan fingerprint density at radius 3 is 1.53 bits per heavy atom. The van der Waals surface area contributed by atoms with E-state index in [4.69, 9.17) is 15.0 Å². The molecule has 1 aliphatic rings. The van der Waals surface area contributed by atoms with Crippen molar-refractivity contribution < 1.29 is 0 Å². The third-order valence-corrected chi connectivity index (χ3v) is 18.5. The number of allylic oxidation sites excluding steroid dienone is 4. The largest absolute Gasteiger partial charge is 0.309 e. The van der Waals surface area contributed by atoms with Gasteiger partial charge in [-0.2, -0.15) is 5.26 Å². The smallest absolute Gasteiger partial charge is 0.163 e. The van der Waals surface area contributed by atoms with Crippen LogP contribution in [0.3, 0.4) is 0 Å². The van der Waals surface area contributed by atoms with Crippen molar-refractivity contribution in [2.24, 2.45) is 5.92 Å². The zero-order valence-corrected chi connectivity index (χ0v) is 44.3. The number of benzene rings is 10. The van der Waals surface area contributed by atoms with Crippen molar-refractivity contribution in [2.75, 3.05) is 0 Å². The first-order valence-electron chi connectivity index (χ1n) is 26.7. The third-order valence-electron chi connectivity index (χ3n) is 16.1. The van der Waals surface area contributed by atoms with Crippen molar-refractivity contribution in [1.82, 2.24) is 24.1 Å². The van der Waals surface area contributed by atoms with Crippen molar-refractivity contribution in [3.05, 3.63) is 248 Å². The van der Waals surface area contributed by atoms with Gasteiger partial charge in [0.25, 0.3) is 0 Å². The molecule has 79 heavy (non-hydrogen) atoms. The van der Waals surface area contributed by atoms with Gasteiger partial charge in [0.15, 0.2) is 11.6 Å². The molecule has 6 nitrogen and oxygen atoms in total. The van der Waals surface area contributed by atoms with Gasteiger partial charge in [0, 0.05) is 90.1 Å². The number of para-hydroxylation sites is 2. The lowest BCUT2D eigenvalue weighted by Crippen LogP contribution is -2.13. The van der Waals surface area contributed by atoms with E-state index in [1.165, 1.54) is 61.9 Å². The third kappa shape index (κ3) is 7.10. The second kappa shape index (κ2) is 17.9. The van der Waals surface area contributed by atoms with Gasteiger partial charge in [0.2, 0.25) is 0 Å². The van der Waals surface area contributed by atoms with Crippen molar-refractivity contribution in [3.8, 4) is 62.5 Å². The first-order valence-corrected chi connectivity index (χ1v) is 28.3. The molecule has 0 fully saturated rings. The number of hydrogen-bond donors (Lipinski definition) is 0. The van der Waals surface area contributed by atoms with Gasteiger partial charge in [-0.3, -0.25) is 0 Å². The highest BCUT2D eigenvalue weighted by Crippen LogP contribution is 2.49. The second-order valence-electron chi connectivity index (χ2n) is 20.6. The number of nitrogens with zero attached hydrogens (tertiary/aromatic N) is 6. The van der Waals surface area contributed by atoms with Crippen LogP contribution in [0.2, 0.25) is 0 Å². The molecule has 0 spiro atoms. The minimum Gasteiger partial charge on any atom is -0.309 e. The van der Waals surface area contributed by atoms with Gasteiger partial charge in [-0.15, -0.1) is 22.7 Å². The Morgan fingerprint density at radius 2 is 0.924 bits per heavy atom. The quantitative estimate of drug-likeness (QED) is 0.159. The molecule has 0 N–H and O–H groups in total. The van der Waals surface area contributed by atoms with E-state index in [0.29, 0.717) is 17.2 Å². The van der Waals surface area contributed by atoms with Crippen LogP contribution in [-0.2, 0) is 0 Å². The molecule has 5 heterocycles. The van der Waals surface area contributed by atoms with Crippen molar-refractivity contribution >= 4 is 107 Å². The molecule has 0 saturated heterocycles. The van der Waals surface area contributed by atoms with E-state index in [9.17, 15) is 5.26 Å². The first kappa shape index (κ1) is 45.4. The summed E-state index contributed by atoms with van der Waals surface area (Å²) in [5, 5.41) is 20.2. The van der Waals surface area contributed by atoms with Crippen LogP contribution in [0.15, 0.2) is 237 Å². The van der Waals surface area contributed by atoms with Crippen LogP contribution in [0.5, 0.6) is 0 Å². The topological polar surface area (TPSA) is 72.3 Å². The zero-order chi connectivity index (χ0) is 52.3. The summed E-state index contributed by atoms with van der Waals surface area (Å²) in [5.41, 5.74) is 12.9. The van der Waals surface area contributed by atoms with Crippen molar-refractivity contribution in [3.63, 3.8) is 0 Å². The van der Waals surface area contributed by atoms with E-state index in [2.05, 4.69) is 222 Å². The van der Waals surface area contributed by atoms with Gasteiger partial charge >= 0.3 is 0 Å². The average molecular weight is 1050 g/mol. The molecule has 16 rings (SSSR count). The molecule has 2 atom stereocenters. The fraction of sp³-hybridized carbons (Fsp3) is 0.0423. The Kier molecular flexibility index (Phi) is 10.3. The average Bonchev–Trinajstić information content (AvgIpc) is 4.42. The Hall–Kier alpha value is -9.78. The number of hydrogen-bond acceptors (Lipinski definition) is 6. The molecule has 0 aliphatic heterocycles. The second-order valence-corrected chi connectivity index (χ2v) is 22.7. The SMILES string of the molecule is CC1C=CC=CC1c1nc(-c2ccccc2)nc(-c2ccc(-n3c4ccccc4c4c5sc6ccccc6c5ccc43)c(-c3cc(-c4cccc(C#N)c4)ccc3-n3c4ccccc4c4c5sc6ccccc6c5ccc43)c2)n1. The minimum atomic E-state index is -0.0357. The summed E-state index contributed by atoms with van der Waals surface area (Å²) in [6.45, 7) is 2.22.